The van der Waals surface area contributed by atoms with Gasteiger partial charge in [-0.15, -0.1) is 0 Å². The van der Waals surface area contributed by atoms with Crippen LogP contribution in [0.3, 0.4) is 0 Å². The molecule has 0 bridgehead atoms. The predicted molar refractivity (Wildman–Crippen MR) is 71.8 cm³/mol. The van der Waals surface area contributed by atoms with Crippen LogP contribution in [0, 0.1) is 5.92 Å². The van der Waals surface area contributed by atoms with Crippen molar-refractivity contribution in [1.82, 2.24) is 5.32 Å². The summed E-state index contributed by atoms with van der Waals surface area (Å²) < 4.78 is 41.7. The van der Waals surface area contributed by atoms with Gasteiger partial charge in [-0.2, -0.15) is 13.2 Å². The van der Waals surface area contributed by atoms with Crippen LogP contribution >= 0.6 is 0 Å². The predicted octanol–water partition coefficient (Wildman–Crippen LogP) is 2.23. The largest absolute Gasteiger partial charge is 0.471 e. The van der Waals surface area contributed by atoms with E-state index in [2.05, 4.69) is 0 Å². The molecule has 1 saturated heterocycles. The van der Waals surface area contributed by atoms with Gasteiger partial charge < -0.3 is 10.1 Å². The molecule has 22 heavy (non-hydrogen) atoms. The number of nitrogens with one attached hydrogen (secondary N) is 1. The Bertz CT molecular complexity index is 545. The summed E-state index contributed by atoms with van der Waals surface area (Å²) in [5.41, 5.74) is 1.05. The van der Waals surface area contributed by atoms with Crippen molar-refractivity contribution in [2.24, 2.45) is 5.92 Å². The SMILES string of the molecule is CC(Cc1ccccc1)C1CC(NC(=O)C(F)(F)F)C(=O)O1. The van der Waals surface area contributed by atoms with Crippen LogP contribution in [0.15, 0.2) is 30.3 Å². The fourth-order valence-corrected chi connectivity index (χ4v) is 2.43. The molecule has 3 unspecified atom stereocenters. The summed E-state index contributed by atoms with van der Waals surface area (Å²) in [6, 6.07) is 8.26. The van der Waals surface area contributed by atoms with Crippen molar-refractivity contribution >= 4 is 11.9 Å². The molecular formula is C15H16F3NO3. The van der Waals surface area contributed by atoms with Gasteiger partial charge in [-0.25, -0.2) is 4.79 Å². The third-order valence-corrected chi connectivity index (χ3v) is 3.62. The van der Waals surface area contributed by atoms with Crippen LogP contribution in [0.1, 0.15) is 18.9 Å². The molecule has 1 aliphatic rings. The molecule has 0 spiro atoms. The highest BCUT2D eigenvalue weighted by Crippen LogP contribution is 2.25. The van der Waals surface area contributed by atoms with Gasteiger partial charge in [-0.3, -0.25) is 4.79 Å². The summed E-state index contributed by atoms with van der Waals surface area (Å²) >= 11 is 0. The molecule has 2 rings (SSSR count). The van der Waals surface area contributed by atoms with E-state index in [0.717, 1.165) is 5.56 Å². The second kappa shape index (κ2) is 6.37. The van der Waals surface area contributed by atoms with E-state index in [1.54, 1.807) is 5.32 Å². The van der Waals surface area contributed by atoms with E-state index in [-0.39, 0.29) is 12.3 Å². The molecule has 1 heterocycles. The maximum Gasteiger partial charge on any atom is 0.471 e. The lowest BCUT2D eigenvalue weighted by molar-refractivity contribution is -0.175. The maximum absolute atomic E-state index is 12.2. The Balaban J connectivity index is 1.93. The fraction of sp³-hybridized carbons (Fsp3) is 0.467. The Morgan fingerprint density at radius 3 is 2.59 bits per heavy atom. The quantitative estimate of drug-likeness (QED) is 0.867. The van der Waals surface area contributed by atoms with Crippen molar-refractivity contribution in [3.63, 3.8) is 0 Å². The molecule has 0 radical (unpaired) electrons. The number of carbonyl (C=O) groups is 2. The molecule has 7 heteroatoms. The van der Waals surface area contributed by atoms with Crippen LogP contribution in [0.25, 0.3) is 0 Å². The number of halogens is 3. The van der Waals surface area contributed by atoms with Gasteiger partial charge in [-0.1, -0.05) is 37.3 Å². The number of hydrogen-bond acceptors (Lipinski definition) is 3. The summed E-state index contributed by atoms with van der Waals surface area (Å²) in [7, 11) is 0. The third kappa shape index (κ3) is 3.99. The lowest BCUT2D eigenvalue weighted by atomic mass is 9.93. The Morgan fingerprint density at radius 2 is 2.00 bits per heavy atom. The van der Waals surface area contributed by atoms with Crippen molar-refractivity contribution in [2.45, 2.75) is 38.1 Å². The van der Waals surface area contributed by atoms with Gasteiger partial charge in [0, 0.05) is 6.42 Å². The van der Waals surface area contributed by atoms with E-state index < -0.39 is 30.2 Å². The molecule has 1 aromatic carbocycles. The molecule has 1 fully saturated rings. The Hall–Kier alpha value is -2.05. The Kier molecular flexibility index (Phi) is 4.73. The molecule has 4 nitrogen and oxygen atoms in total. The van der Waals surface area contributed by atoms with E-state index in [1.807, 2.05) is 37.3 Å². The number of cyclic esters (lactones) is 1. The smallest absolute Gasteiger partial charge is 0.460 e. The molecule has 0 aliphatic carbocycles. The number of amides is 1. The van der Waals surface area contributed by atoms with Gasteiger partial charge >= 0.3 is 18.1 Å². The minimum Gasteiger partial charge on any atom is -0.460 e. The molecule has 1 amide bonds. The molecule has 1 N–H and O–H groups in total. The van der Waals surface area contributed by atoms with E-state index >= 15 is 0 Å². The van der Waals surface area contributed by atoms with Crippen LogP contribution in [0.5, 0.6) is 0 Å². The molecule has 1 aromatic rings. The molecule has 1 aliphatic heterocycles. The molecule has 120 valence electrons. The summed E-state index contributed by atoms with van der Waals surface area (Å²) in [5.74, 6) is -2.99. The zero-order valence-electron chi connectivity index (χ0n) is 11.9. The van der Waals surface area contributed by atoms with Gasteiger partial charge in [0.05, 0.1) is 0 Å². The first-order valence-corrected chi connectivity index (χ1v) is 6.89. The lowest BCUT2D eigenvalue weighted by Crippen LogP contribution is -2.45. The Morgan fingerprint density at radius 1 is 1.36 bits per heavy atom. The molecule has 0 aromatic heterocycles. The van der Waals surface area contributed by atoms with Crippen LogP contribution in [-0.4, -0.2) is 30.2 Å². The van der Waals surface area contributed by atoms with E-state index in [1.165, 1.54) is 0 Å². The highest BCUT2D eigenvalue weighted by molar-refractivity contribution is 5.88. The average Bonchev–Trinajstić information content (AvgIpc) is 2.80. The van der Waals surface area contributed by atoms with Crippen molar-refractivity contribution in [2.75, 3.05) is 0 Å². The van der Waals surface area contributed by atoms with Gasteiger partial charge in [-0.05, 0) is 17.9 Å². The number of rotatable bonds is 4. The number of hydrogen-bond donors (Lipinski definition) is 1. The van der Waals surface area contributed by atoms with E-state index in [9.17, 15) is 22.8 Å². The van der Waals surface area contributed by atoms with Crippen LogP contribution in [0.2, 0.25) is 0 Å². The monoisotopic (exact) mass is 315 g/mol. The number of alkyl halides is 3. The first-order valence-electron chi connectivity index (χ1n) is 6.89. The van der Waals surface area contributed by atoms with Gasteiger partial charge in [0.25, 0.3) is 0 Å². The second-order valence-corrected chi connectivity index (χ2v) is 5.40. The van der Waals surface area contributed by atoms with Crippen LogP contribution < -0.4 is 5.32 Å². The summed E-state index contributed by atoms with van der Waals surface area (Å²) in [4.78, 5) is 22.5. The van der Waals surface area contributed by atoms with Gasteiger partial charge in [0.15, 0.2) is 0 Å². The molecular weight excluding hydrogens is 299 g/mol. The topological polar surface area (TPSA) is 55.4 Å². The number of ether oxygens (including phenoxy) is 1. The van der Waals surface area contributed by atoms with Crippen LogP contribution in [-0.2, 0) is 20.7 Å². The van der Waals surface area contributed by atoms with Crippen LogP contribution in [0.4, 0.5) is 13.2 Å². The lowest BCUT2D eigenvalue weighted by Gasteiger charge is -2.18. The zero-order chi connectivity index (χ0) is 16.3. The minimum atomic E-state index is -5.01. The summed E-state index contributed by atoms with van der Waals surface area (Å²) in [6.45, 7) is 1.86. The second-order valence-electron chi connectivity index (χ2n) is 5.40. The maximum atomic E-state index is 12.2. The molecule has 3 atom stereocenters. The highest BCUT2D eigenvalue weighted by atomic mass is 19.4. The number of esters is 1. The number of benzene rings is 1. The van der Waals surface area contributed by atoms with E-state index in [0.29, 0.717) is 6.42 Å². The first kappa shape index (κ1) is 16.3. The molecule has 0 saturated carbocycles. The fourth-order valence-electron chi connectivity index (χ4n) is 2.43. The Labute approximate surface area is 125 Å². The van der Waals surface area contributed by atoms with E-state index in [4.69, 9.17) is 4.74 Å². The third-order valence-electron chi connectivity index (χ3n) is 3.62. The standard InChI is InChI=1S/C15H16F3NO3/c1-9(7-10-5-3-2-4-6-10)12-8-11(13(20)22-12)19-14(21)15(16,17)18/h2-6,9,11-12H,7-8H2,1H3,(H,19,21). The van der Waals surface area contributed by atoms with Gasteiger partial charge in [0.2, 0.25) is 0 Å². The highest BCUT2D eigenvalue weighted by Gasteiger charge is 2.44. The summed E-state index contributed by atoms with van der Waals surface area (Å²) in [6.07, 6.45) is -4.83. The minimum absolute atomic E-state index is 0.0503. The van der Waals surface area contributed by atoms with Crippen molar-refractivity contribution in [1.29, 1.82) is 0 Å². The normalized spacial score (nSPS) is 23.0. The first-order chi connectivity index (χ1) is 10.3. The average molecular weight is 315 g/mol. The number of carbonyl (C=O) groups excluding carboxylic acids is 2. The van der Waals surface area contributed by atoms with Crippen molar-refractivity contribution in [3.05, 3.63) is 35.9 Å². The summed E-state index contributed by atoms with van der Waals surface area (Å²) in [5, 5.41) is 1.68. The van der Waals surface area contributed by atoms with Crippen molar-refractivity contribution in [3.8, 4) is 0 Å². The zero-order valence-corrected chi connectivity index (χ0v) is 11.9. The van der Waals surface area contributed by atoms with Crippen molar-refractivity contribution < 1.29 is 27.5 Å². The van der Waals surface area contributed by atoms with Gasteiger partial charge in [0.1, 0.15) is 12.1 Å².